The number of fused-ring (bicyclic) bond motifs is 2. The summed E-state index contributed by atoms with van der Waals surface area (Å²) in [6.45, 7) is 0. The molecule has 2 saturated heterocycles. The third-order valence-electron chi connectivity index (χ3n) is 4.08. The molecule has 4 heteroatoms. The fourth-order valence-electron chi connectivity index (χ4n) is 3.32. The van der Waals surface area contributed by atoms with Crippen molar-refractivity contribution in [2.24, 2.45) is 5.73 Å². The highest BCUT2D eigenvalue weighted by Crippen LogP contribution is 2.36. The molecular weight excluding hydrogens is 248 g/mol. The van der Waals surface area contributed by atoms with Crippen molar-refractivity contribution in [3.63, 3.8) is 0 Å². The molecule has 0 aliphatic carbocycles. The molecule has 1 amide bonds. The summed E-state index contributed by atoms with van der Waals surface area (Å²) in [7, 11) is 0. The van der Waals surface area contributed by atoms with Crippen molar-refractivity contribution >= 4 is 17.5 Å². The fraction of sp³-hybridized carbons (Fsp3) is 0.500. The van der Waals surface area contributed by atoms with Crippen LogP contribution in [0.3, 0.4) is 0 Å². The summed E-state index contributed by atoms with van der Waals surface area (Å²) in [4.78, 5) is 14.6. The van der Waals surface area contributed by atoms with Gasteiger partial charge in [-0.2, -0.15) is 0 Å². The molecule has 0 spiro atoms. The first kappa shape index (κ1) is 12.0. The van der Waals surface area contributed by atoms with E-state index in [0.717, 1.165) is 25.7 Å². The Kier molecular flexibility index (Phi) is 3.04. The summed E-state index contributed by atoms with van der Waals surface area (Å²) in [6.07, 6.45) is 4.04. The zero-order chi connectivity index (χ0) is 12.7. The minimum absolute atomic E-state index is 0.108. The third-order valence-corrected chi connectivity index (χ3v) is 4.31. The first-order chi connectivity index (χ1) is 8.65. The molecule has 0 radical (unpaired) electrons. The minimum atomic E-state index is 0.108. The largest absolute Gasteiger partial charge is 0.333 e. The van der Waals surface area contributed by atoms with Crippen LogP contribution in [0, 0.1) is 0 Å². The Morgan fingerprint density at radius 2 is 1.94 bits per heavy atom. The van der Waals surface area contributed by atoms with Gasteiger partial charge in [0.2, 0.25) is 0 Å². The number of amides is 1. The van der Waals surface area contributed by atoms with E-state index in [1.807, 2.05) is 17.0 Å². The average molecular weight is 265 g/mol. The number of nitrogens with zero attached hydrogens (tertiary/aromatic N) is 1. The van der Waals surface area contributed by atoms with E-state index in [4.69, 9.17) is 17.3 Å². The number of hydrogen-bond donors (Lipinski definition) is 1. The summed E-state index contributed by atoms with van der Waals surface area (Å²) in [5, 5.41) is 0.613. The maximum absolute atomic E-state index is 12.5. The lowest BCUT2D eigenvalue weighted by molar-refractivity contribution is 0.0575. The number of benzene rings is 1. The van der Waals surface area contributed by atoms with Crippen LogP contribution in [0.5, 0.6) is 0 Å². The van der Waals surface area contributed by atoms with E-state index in [0.29, 0.717) is 22.7 Å². The van der Waals surface area contributed by atoms with E-state index < -0.39 is 0 Å². The van der Waals surface area contributed by atoms with Crippen LogP contribution < -0.4 is 5.73 Å². The van der Waals surface area contributed by atoms with Gasteiger partial charge in [0.1, 0.15) is 0 Å². The highest BCUT2D eigenvalue weighted by molar-refractivity contribution is 6.30. The lowest BCUT2D eigenvalue weighted by Crippen LogP contribution is -2.50. The van der Waals surface area contributed by atoms with Crippen molar-refractivity contribution in [1.82, 2.24) is 4.90 Å². The standard InChI is InChI=1S/C14H17ClN2O/c15-10-3-1-2-9(6-10)14(18)17-12-4-5-13(17)8-11(16)7-12/h1-3,6,11-13H,4-5,7-8,16H2. The molecule has 0 saturated carbocycles. The SMILES string of the molecule is NC1CC2CCC(C1)N2C(=O)c1cccc(Cl)c1. The van der Waals surface area contributed by atoms with E-state index in [-0.39, 0.29) is 11.9 Å². The molecule has 2 aliphatic rings. The number of piperidine rings is 1. The van der Waals surface area contributed by atoms with Gasteiger partial charge in [0, 0.05) is 28.7 Å². The first-order valence-corrected chi connectivity index (χ1v) is 6.87. The second kappa shape index (κ2) is 4.56. The summed E-state index contributed by atoms with van der Waals surface area (Å²) >= 11 is 5.95. The third kappa shape index (κ3) is 2.02. The Morgan fingerprint density at radius 3 is 2.56 bits per heavy atom. The van der Waals surface area contributed by atoms with Crippen molar-refractivity contribution in [3.05, 3.63) is 34.9 Å². The van der Waals surface area contributed by atoms with Gasteiger partial charge in [-0.25, -0.2) is 0 Å². The lowest BCUT2D eigenvalue weighted by atomic mass is 9.97. The number of rotatable bonds is 1. The van der Waals surface area contributed by atoms with Crippen LogP contribution in [-0.4, -0.2) is 28.9 Å². The van der Waals surface area contributed by atoms with Crippen molar-refractivity contribution in [3.8, 4) is 0 Å². The molecule has 2 heterocycles. The highest BCUT2D eigenvalue weighted by Gasteiger charge is 2.42. The highest BCUT2D eigenvalue weighted by atomic mass is 35.5. The van der Waals surface area contributed by atoms with Gasteiger partial charge < -0.3 is 10.6 Å². The predicted molar refractivity (Wildman–Crippen MR) is 71.6 cm³/mol. The molecule has 3 rings (SSSR count). The van der Waals surface area contributed by atoms with Gasteiger partial charge in [-0.1, -0.05) is 17.7 Å². The molecule has 2 fully saturated rings. The molecular formula is C14H17ClN2O. The second-order valence-corrected chi connectivity index (χ2v) is 5.78. The van der Waals surface area contributed by atoms with Crippen LogP contribution in [-0.2, 0) is 0 Å². The zero-order valence-corrected chi connectivity index (χ0v) is 10.9. The smallest absolute Gasteiger partial charge is 0.254 e. The quantitative estimate of drug-likeness (QED) is 0.847. The molecule has 96 valence electrons. The molecule has 2 atom stereocenters. The lowest BCUT2D eigenvalue weighted by Gasteiger charge is -2.37. The van der Waals surface area contributed by atoms with E-state index in [1.165, 1.54) is 0 Å². The van der Waals surface area contributed by atoms with Crippen molar-refractivity contribution in [2.45, 2.75) is 43.8 Å². The van der Waals surface area contributed by atoms with Crippen LogP contribution in [0.2, 0.25) is 5.02 Å². The fourth-order valence-corrected chi connectivity index (χ4v) is 3.51. The predicted octanol–water partition coefficient (Wildman–Crippen LogP) is 2.43. The van der Waals surface area contributed by atoms with Gasteiger partial charge >= 0.3 is 0 Å². The molecule has 1 aromatic carbocycles. The summed E-state index contributed by atoms with van der Waals surface area (Å²) in [6, 6.07) is 8.10. The number of carbonyl (C=O) groups is 1. The molecule has 3 nitrogen and oxygen atoms in total. The van der Waals surface area contributed by atoms with E-state index in [1.54, 1.807) is 12.1 Å². The van der Waals surface area contributed by atoms with Crippen LogP contribution >= 0.6 is 11.6 Å². The van der Waals surface area contributed by atoms with E-state index in [2.05, 4.69) is 0 Å². The number of hydrogen-bond acceptors (Lipinski definition) is 2. The van der Waals surface area contributed by atoms with Crippen molar-refractivity contribution < 1.29 is 4.79 Å². The summed E-state index contributed by atoms with van der Waals surface area (Å²) in [5.41, 5.74) is 6.71. The van der Waals surface area contributed by atoms with Crippen LogP contribution in [0.15, 0.2) is 24.3 Å². The zero-order valence-electron chi connectivity index (χ0n) is 10.2. The first-order valence-electron chi connectivity index (χ1n) is 6.49. The monoisotopic (exact) mass is 264 g/mol. The average Bonchev–Trinajstić information content (AvgIpc) is 2.61. The van der Waals surface area contributed by atoms with E-state index >= 15 is 0 Å². The second-order valence-electron chi connectivity index (χ2n) is 5.34. The molecule has 2 aliphatic heterocycles. The molecule has 2 bridgehead atoms. The Bertz CT molecular complexity index is 463. The molecule has 0 aromatic heterocycles. The normalized spacial score (nSPS) is 30.6. The Morgan fingerprint density at radius 1 is 1.28 bits per heavy atom. The van der Waals surface area contributed by atoms with Gasteiger partial charge in [-0.3, -0.25) is 4.79 Å². The summed E-state index contributed by atoms with van der Waals surface area (Å²) in [5.74, 6) is 0.108. The van der Waals surface area contributed by atoms with Gasteiger partial charge in [0.05, 0.1) is 0 Å². The minimum Gasteiger partial charge on any atom is -0.333 e. The van der Waals surface area contributed by atoms with Gasteiger partial charge in [0.15, 0.2) is 0 Å². The Labute approximate surface area is 112 Å². The van der Waals surface area contributed by atoms with Crippen molar-refractivity contribution in [1.29, 1.82) is 0 Å². The number of halogens is 1. The maximum Gasteiger partial charge on any atom is 0.254 e. The summed E-state index contributed by atoms with van der Waals surface area (Å²) < 4.78 is 0. The molecule has 2 N–H and O–H groups in total. The topological polar surface area (TPSA) is 46.3 Å². The maximum atomic E-state index is 12.5. The number of carbonyl (C=O) groups excluding carboxylic acids is 1. The Hall–Kier alpha value is -1.06. The van der Waals surface area contributed by atoms with Crippen LogP contribution in [0.25, 0.3) is 0 Å². The van der Waals surface area contributed by atoms with Crippen LogP contribution in [0.1, 0.15) is 36.0 Å². The van der Waals surface area contributed by atoms with Gasteiger partial charge in [-0.05, 0) is 43.9 Å². The molecule has 18 heavy (non-hydrogen) atoms. The Balaban J connectivity index is 1.85. The van der Waals surface area contributed by atoms with Gasteiger partial charge in [-0.15, -0.1) is 0 Å². The molecule has 2 unspecified atom stereocenters. The van der Waals surface area contributed by atoms with E-state index in [9.17, 15) is 4.79 Å². The van der Waals surface area contributed by atoms with Gasteiger partial charge in [0.25, 0.3) is 5.91 Å². The van der Waals surface area contributed by atoms with Crippen LogP contribution in [0.4, 0.5) is 0 Å². The number of nitrogens with two attached hydrogens (primary N) is 1. The van der Waals surface area contributed by atoms with Crippen molar-refractivity contribution in [2.75, 3.05) is 0 Å². The molecule has 1 aromatic rings.